The Kier molecular flexibility index (Phi) is 9.03. The van der Waals surface area contributed by atoms with Crippen molar-refractivity contribution in [3.05, 3.63) is 217 Å². The number of anilines is 6. The number of hydrogen-bond acceptors (Lipinski definition) is 2. The van der Waals surface area contributed by atoms with Gasteiger partial charge >= 0.3 is 0 Å². The van der Waals surface area contributed by atoms with Crippen molar-refractivity contribution in [2.45, 2.75) is 52.4 Å². The smallest absolute Gasteiger partial charge is 0.0540 e. The van der Waals surface area contributed by atoms with E-state index in [-0.39, 0.29) is 10.8 Å². The van der Waals surface area contributed by atoms with Gasteiger partial charge < -0.3 is 9.80 Å². The van der Waals surface area contributed by atoms with Crippen LogP contribution < -0.4 is 9.80 Å². The second kappa shape index (κ2) is 14.9. The van der Waals surface area contributed by atoms with Crippen LogP contribution in [0.5, 0.6) is 0 Å². The lowest BCUT2D eigenvalue weighted by molar-refractivity contribution is 0.590. The Balaban J connectivity index is 0.936. The highest BCUT2D eigenvalue weighted by Crippen LogP contribution is 2.53. The van der Waals surface area contributed by atoms with Gasteiger partial charge in [-0.25, -0.2) is 0 Å². The van der Waals surface area contributed by atoms with E-state index in [1.54, 1.807) is 0 Å². The number of benzene rings is 10. The zero-order valence-corrected chi connectivity index (χ0v) is 38.5. The fraction of sp³-hybridized carbons (Fsp3) is 0.125. The van der Waals surface area contributed by atoms with E-state index >= 15 is 0 Å². The molecule has 0 aliphatic heterocycles. The van der Waals surface area contributed by atoms with Gasteiger partial charge in [0.15, 0.2) is 0 Å². The average Bonchev–Trinajstić information content (AvgIpc) is 3.85. The molecule has 10 aromatic rings. The zero-order valence-electron chi connectivity index (χ0n) is 38.5. The molecule has 2 aliphatic rings. The third kappa shape index (κ3) is 6.38. The van der Waals surface area contributed by atoms with Gasteiger partial charge in [0.1, 0.15) is 0 Å². The SMILES string of the molecule is CC(C)(C)c1ccc(N(c2ccc(-c3ccc(N(c4ccc(C(C)(C)C)cc4)c4ccc5c6c(cccc46)-c4ccccc4-5)cc3)cc2)c2ccc3c4c(cccc24)-c2ccccc2-3)cc1. The highest BCUT2D eigenvalue weighted by molar-refractivity contribution is 6.20. The number of fused-ring (bicyclic) bond motifs is 6. The molecule has 2 nitrogen and oxygen atoms in total. The standard InChI is InChI=1S/C64H52N2/c1-63(2,3)43-25-33-47(34-26-43)65(59-39-37-55-51-15-9-7-13-49(51)53-17-11-19-57(59)61(53)55)45-29-21-41(22-30-45)42-23-31-46(32-24-42)66(48-35-27-44(28-36-48)64(4,5)6)60-40-38-56-52-16-10-8-14-50(52)54-18-12-20-58(60)62(54)56/h7-40H,1-6H3. The Bertz CT molecular complexity index is 3210. The Labute approximate surface area is 389 Å². The minimum absolute atomic E-state index is 0.0599. The van der Waals surface area contributed by atoms with Gasteiger partial charge in [-0.05, 0) is 149 Å². The third-order valence-corrected chi connectivity index (χ3v) is 14.1. The largest absolute Gasteiger partial charge is 0.310 e. The van der Waals surface area contributed by atoms with E-state index in [9.17, 15) is 0 Å². The molecule has 0 radical (unpaired) electrons. The predicted octanol–water partition coefficient (Wildman–Crippen LogP) is 18.5. The van der Waals surface area contributed by atoms with Gasteiger partial charge in [0.2, 0.25) is 0 Å². The lowest BCUT2D eigenvalue weighted by atomic mass is 9.87. The van der Waals surface area contributed by atoms with Crippen molar-refractivity contribution >= 4 is 55.7 Å². The highest BCUT2D eigenvalue weighted by atomic mass is 15.1. The Hall–Kier alpha value is -7.68. The van der Waals surface area contributed by atoms with Crippen molar-refractivity contribution in [2.75, 3.05) is 9.80 Å². The molecule has 2 aliphatic carbocycles. The predicted molar refractivity (Wildman–Crippen MR) is 283 cm³/mol. The van der Waals surface area contributed by atoms with Crippen LogP contribution in [0.4, 0.5) is 34.1 Å². The molecule has 0 saturated carbocycles. The molecule has 0 atom stereocenters. The summed E-state index contributed by atoms with van der Waals surface area (Å²) in [6, 6.07) is 77.0. The van der Waals surface area contributed by atoms with Gasteiger partial charge in [0.25, 0.3) is 0 Å². The molecule has 10 aromatic carbocycles. The van der Waals surface area contributed by atoms with Crippen molar-refractivity contribution in [2.24, 2.45) is 0 Å². The van der Waals surface area contributed by atoms with Crippen LogP contribution in [0.3, 0.4) is 0 Å². The monoisotopic (exact) mass is 848 g/mol. The maximum atomic E-state index is 2.44. The number of rotatable bonds is 7. The summed E-state index contributed by atoms with van der Waals surface area (Å²) in [5.41, 5.74) is 22.4. The van der Waals surface area contributed by atoms with Crippen LogP contribution in [0.1, 0.15) is 52.7 Å². The molecule has 0 spiro atoms. The topological polar surface area (TPSA) is 6.48 Å². The molecular weight excluding hydrogens is 797 g/mol. The lowest BCUT2D eigenvalue weighted by Gasteiger charge is -2.29. The van der Waals surface area contributed by atoms with Gasteiger partial charge in [-0.3, -0.25) is 0 Å². The lowest BCUT2D eigenvalue weighted by Crippen LogP contribution is -2.13. The molecule has 0 amide bonds. The normalized spacial score (nSPS) is 12.4. The van der Waals surface area contributed by atoms with Crippen molar-refractivity contribution in [3.8, 4) is 55.6 Å². The molecular formula is C64H52N2. The van der Waals surface area contributed by atoms with E-state index in [2.05, 4.69) is 258 Å². The van der Waals surface area contributed by atoms with E-state index in [0.717, 1.165) is 22.7 Å². The summed E-state index contributed by atoms with van der Waals surface area (Å²) in [6.07, 6.45) is 0. The Morgan fingerprint density at radius 3 is 0.864 bits per heavy atom. The first-order chi connectivity index (χ1) is 32.0. The van der Waals surface area contributed by atoms with Gasteiger partial charge in [0, 0.05) is 33.5 Å². The highest BCUT2D eigenvalue weighted by Gasteiger charge is 2.27. The number of nitrogens with zero attached hydrogens (tertiary/aromatic N) is 2. The molecule has 0 fully saturated rings. The van der Waals surface area contributed by atoms with E-state index in [1.165, 1.54) is 99.7 Å². The van der Waals surface area contributed by atoms with Crippen molar-refractivity contribution in [1.82, 2.24) is 0 Å². The molecule has 0 aromatic heterocycles. The van der Waals surface area contributed by atoms with Crippen molar-refractivity contribution in [3.63, 3.8) is 0 Å². The van der Waals surface area contributed by atoms with Gasteiger partial charge in [0.05, 0.1) is 11.4 Å². The molecule has 66 heavy (non-hydrogen) atoms. The maximum Gasteiger partial charge on any atom is 0.0540 e. The molecule has 12 rings (SSSR count). The molecule has 0 N–H and O–H groups in total. The van der Waals surface area contributed by atoms with Crippen LogP contribution in [-0.2, 0) is 10.8 Å². The number of hydrogen-bond donors (Lipinski definition) is 0. The summed E-state index contributed by atoms with van der Waals surface area (Å²) in [5, 5.41) is 5.16. The van der Waals surface area contributed by atoms with E-state index in [1.807, 2.05) is 0 Å². The van der Waals surface area contributed by atoms with Gasteiger partial charge in [-0.1, -0.05) is 187 Å². The van der Waals surface area contributed by atoms with Crippen LogP contribution in [0.25, 0.3) is 77.2 Å². The minimum atomic E-state index is 0.0599. The summed E-state index contributed by atoms with van der Waals surface area (Å²) in [4.78, 5) is 4.87. The second-order valence-electron chi connectivity index (χ2n) is 20.2. The van der Waals surface area contributed by atoms with Crippen LogP contribution in [-0.4, -0.2) is 0 Å². The minimum Gasteiger partial charge on any atom is -0.310 e. The Morgan fingerprint density at radius 2 is 0.545 bits per heavy atom. The molecule has 2 heteroatoms. The van der Waals surface area contributed by atoms with Crippen molar-refractivity contribution in [1.29, 1.82) is 0 Å². The maximum absolute atomic E-state index is 2.44. The van der Waals surface area contributed by atoms with Gasteiger partial charge in [-0.15, -0.1) is 0 Å². The summed E-state index contributed by atoms with van der Waals surface area (Å²) < 4.78 is 0. The van der Waals surface area contributed by atoms with Crippen LogP contribution in [0.15, 0.2) is 206 Å². The Morgan fingerprint density at radius 1 is 0.258 bits per heavy atom. The molecule has 0 bridgehead atoms. The quantitative estimate of drug-likeness (QED) is 0.158. The summed E-state index contributed by atoms with van der Waals surface area (Å²) in [7, 11) is 0. The first-order valence-corrected chi connectivity index (χ1v) is 23.3. The zero-order chi connectivity index (χ0) is 44.9. The molecule has 318 valence electrons. The van der Waals surface area contributed by atoms with E-state index in [4.69, 9.17) is 0 Å². The fourth-order valence-electron chi connectivity index (χ4n) is 10.7. The summed E-state index contributed by atoms with van der Waals surface area (Å²) in [6.45, 7) is 13.7. The van der Waals surface area contributed by atoms with Crippen LogP contribution in [0, 0.1) is 0 Å². The van der Waals surface area contributed by atoms with Crippen LogP contribution in [0.2, 0.25) is 0 Å². The summed E-state index contributed by atoms with van der Waals surface area (Å²) in [5.74, 6) is 0. The van der Waals surface area contributed by atoms with E-state index in [0.29, 0.717) is 0 Å². The molecule has 0 saturated heterocycles. The third-order valence-electron chi connectivity index (χ3n) is 14.1. The molecule has 0 unspecified atom stereocenters. The van der Waals surface area contributed by atoms with Crippen LogP contribution >= 0.6 is 0 Å². The average molecular weight is 849 g/mol. The summed E-state index contributed by atoms with van der Waals surface area (Å²) >= 11 is 0. The first-order valence-electron chi connectivity index (χ1n) is 23.3. The first kappa shape index (κ1) is 39.9. The fourth-order valence-corrected chi connectivity index (χ4v) is 10.7. The van der Waals surface area contributed by atoms with Crippen molar-refractivity contribution < 1.29 is 0 Å². The van der Waals surface area contributed by atoms with E-state index < -0.39 is 0 Å². The van der Waals surface area contributed by atoms with Gasteiger partial charge in [-0.2, -0.15) is 0 Å². The molecule has 0 heterocycles. The second-order valence-corrected chi connectivity index (χ2v) is 20.2.